The summed E-state index contributed by atoms with van der Waals surface area (Å²) in [6, 6.07) is 11.7. The monoisotopic (exact) mass is 215 g/mol. The smallest absolute Gasteiger partial charge is 0.164 e. The molecule has 0 fully saturated rings. The molecule has 1 aromatic rings. The number of thiol groups is 1. The molecule has 4 heteroatoms. The third-order valence-corrected chi connectivity index (χ3v) is 2.32. The Bertz CT molecular complexity index is 456. The van der Waals surface area contributed by atoms with Crippen molar-refractivity contribution in [2.24, 2.45) is 4.99 Å². The van der Waals surface area contributed by atoms with Crippen LogP contribution >= 0.6 is 12.6 Å². The van der Waals surface area contributed by atoms with Gasteiger partial charge in [0.05, 0.1) is 11.3 Å². The van der Waals surface area contributed by atoms with Crippen molar-refractivity contribution in [1.29, 1.82) is 5.26 Å². The standard InChI is InChI=1S/C11H9N3S/c12-6-9-7-13-11(15)14-10(9)8-4-2-1-3-5-8/h1-5,7,11,13,15H. The number of nitriles is 1. The van der Waals surface area contributed by atoms with Crippen molar-refractivity contribution >= 4 is 18.3 Å². The largest absolute Gasteiger partial charge is 0.360 e. The summed E-state index contributed by atoms with van der Waals surface area (Å²) < 4.78 is 0. The average Bonchev–Trinajstić information content (AvgIpc) is 2.30. The fourth-order valence-electron chi connectivity index (χ4n) is 1.37. The van der Waals surface area contributed by atoms with Crippen molar-refractivity contribution in [2.75, 3.05) is 0 Å². The van der Waals surface area contributed by atoms with Crippen molar-refractivity contribution in [1.82, 2.24) is 5.32 Å². The zero-order chi connectivity index (χ0) is 10.7. The molecule has 0 amide bonds. The Morgan fingerprint density at radius 1 is 1.33 bits per heavy atom. The molecule has 0 spiro atoms. The molecule has 0 aliphatic carbocycles. The summed E-state index contributed by atoms with van der Waals surface area (Å²) >= 11 is 4.20. The van der Waals surface area contributed by atoms with E-state index in [4.69, 9.17) is 5.26 Å². The van der Waals surface area contributed by atoms with Crippen molar-refractivity contribution < 1.29 is 0 Å². The lowest BCUT2D eigenvalue weighted by molar-refractivity contribution is 0.813. The summed E-state index contributed by atoms with van der Waals surface area (Å²) in [7, 11) is 0. The maximum absolute atomic E-state index is 8.94. The van der Waals surface area contributed by atoms with Crippen LogP contribution in [0, 0.1) is 11.3 Å². The number of hydrogen-bond donors (Lipinski definition) is 2. The highest BCUT2D eigenvalue weighted by atomic mass is 32.1. The van der Waals surface area contributed by atoms with Gasteiger partial charge in [-0.2, -0.15) is 5.26 Å². The second-order valence-corrected chi connectivity index (χ2v) is 3.54. The summed E-state index contributed by atoms with van der Waals surface area (Å²) in [5, 5.41) is 11.8. The molecule has 1 atom stereocenters. The van der Waals surface area contributed by atoms with Crippen LogP contribution in [0.15, 0.2) is 47.1 Å². The molecule has 1 heterocycles. The van der Waals surface area contributed by atoms with E-state index in [2.05, 4.69) is 29.0 Å². The molecule has 1 N–H and O–H groups in total. The molecule has 1 aliphatic heterocycles. The lowest BCUT2D eigenvalue weighted by Gasteiger charge is -2.16. The first-order valence-corrected chi connectivity index (χ1v) is 5.01. The van der Waals surface area contributed by atoms with Gasteiger partial charge in [0.25, 0.3) is 0 Å². The fraction of sp³-hybridized carbons (Fsp3) is 0.0909. The maximum Gasteiger partial charge on any atom is 0.164 e. The SMILES string of the molecule is N#CC1=CNC(S)N=C1c1ccccc1. The molecule has 1 aromatic carbocycles. The number of rotatable bonds is 1. The van der Waals surface area contributed by atoms with Crippen LogP contribution in [0.1, 0.15) is 5.56 Å². The average molecular weight is 215 g/mol. The van der Waals surface area contributed by atoms with Crippen molar-refractivity contribution in [3.63, 3.8) is 0 Å². The Hall–Kier alpha value is -1.73. The Morgan fingerprint density at radius 2 is 2.07 bits per heavy atom. The van der Waals surface area contributed by atoms with Gasteiger partial charge in [0, 0.05) is 11.8 Å². The normalized spacial score (nSPS) is 19.6. The minimum Gasteiger partial charge on any atom is -0.360 e. The molecule has 0 radical (unpaired) electrons. The lowest BCUT2D eigenvalue weighted by Crippen LogP contribution is -2.25. The Morgan fingerprint density at radius 3 is 2.73 bits per heavy atom. The molecule has 1 unspecified atom stereocenters. The van der Waals surface area contributed by atoms with Crippen molar-refractivity contribution in [3.05, 3.63) is 47.7 Å². The van der Waals surface area contributed by atoms with Gasteiger partial charge in [0.2, 0.25) is 0 Å². The molecule has 2 rings (SSSR count). The predicted molar refractivity (Wildman–Crippen MR) is 62.6 cm³/mol. The Kier molecular flexibility index (Phi) is 2.75. The van der Waals surface area contributed by atoms with Crippen molar-refractivity contribution in [3.8, 4) is 6.07 Å². The van der Waals surface area contributed by atoms with Crippen LogP contribution in [0.3, 0.4) is 0 Å². The van der Waals surface area contributed by atoms with Gasteiger partial charge in [0.1, 0.15) is 6.07 Å². The highest BCUT2D eigenvalue weighted by molar-refractivity contribution is 7.80. The van der Waals surface area contributed by atoms with Gasteiger partial charge in [0.15, 0.2) is 5.50 Å². The van der Waals surface area contributed by atoms with Gasteiger partial charge in [-0.15, -0.1) is 12.6 Å². The van der Waals surface area contributed by atoms with E-state index in [1.54, 1.807) is 6.20 Å². The molecule has 0 saturated heterocycles. The number of nitrogens with zero attached hydrogens (tertiary/aromatic N) is 2. The Labute approximate surface area is 93.6 Å². The summed E-state index contributed by atoms with van der Waals surface area (Å²) in [6.45, 7) is 0. The van der Waals surface area contributed by atoms with E-state index in [-0.39, 0.29) is 5.50 Å². The molecule has 3 nitrogen and oxygen atoms in total. The van der Waals surface area contributed by atoms with Crippen molar-refractivity contribution in [2.45, 2.75) is 5.50 Å². The van der Waals surface area contributed by atoms with Crippen LogP contribution in [0.2, 0.25) is 0 Å². The first kappa shape index (κ1) is 9.81. The third kappa shape index (κ3) is 2.03. The summed E-state index contributed by atoms with van der Waals surface area (Å²) in [6.07, 6.45) is 1.65. The van der Waals surface area contributed by atoms with Crippen LogP contribution in [-0.4, -0.2) is 11.2 Å². The van der Waals surface area contributed by atoms with Crippen LogP contribution in [0.25, 0.3) is 0 Å². The first-order valence-electron chi connectivity index (χ1n) is 4.49. The summed E-state index contributed by atoms with van der Waals surface area (Å²) in [4.78, 5) is 4.28. The molecule has 74 valence electrons. The van der Waals surface area contributed by atoms with E-state index in [0.29, 0.717) is 11.3 Å². The van der Waals surface area contributed by atoms with E-state index in [0.717, 1.165) is 5.56 Å². The van der Waals surface area contributed by atoms with E-state index >= 15 is 0 Å². The number of hydrogen-bond acceptors (Lipinski definition) is 4. The van der Waals surface area contributed by atoms with Crippen LogP contribution in [0.5, 0.6) is 0 Å². The van der Waals surface area contributed by atoms with E-state index in [9.17, 15) is 0 Å². The number of aliphatic imine (C=N–C) groups is 1. The number of nitrogens with one attached hydrogen (secondary N) is 1. The highest BCUT2D eigenvalue weighted by Gasteiger charge is 2.15. The molecule has 1 aliphatic rings. The topological polar surface area (TPSA) is 48.2 Å². The molecular weight excluding hydrogens is 206 g/mol. The van der Waals surface area contributed by atoms with Crippen LogP contribution < -0.4 is 5.32 Å². The second-order valence-electron chi connectivity index (χ2n) is 3.05. The Balaban J connectivity index is 2.43. The number of allylic oxidation sites excluding steroid dienone is 1. The minimum atomic E-state index is -0.280. The highest BCUT2D eigenvalue weighted by Crippen LogP contribution is 2.14. The quantitative estimate of drug-likeness (QED) is 0.700. The molecule has 0 saturated carbocycles. The summed E-state index contributed by atoms with van der Waals surface area (Å²) in [5.74, 6) is 0. The predicted octanol–water partition coefficient (Wildman–Crippen LogP) is 1.70. The zero-order valence-electron chi connectivity index (χ0n) is 7.88. The van der Waals surface area contributed by atoms with Gasteiger partial charge < -0.3 is 5.32 Å². The van der Waals surface area contributed by atoms with E-state index in [1.165, 1.54) is 0 Å². The van der Waals surface area contributed by atoms with Gasteiger partial charge in [-0.05, 0) is 0 Å². The number of benzene rings is 1. The molecule has 0 aromatic heterocycles. The molecule has 15 heavy (non-hydrogen) atoms. The van der Waals surface area contributed by atoms with Gasteiger partial charge in [-0.1, -0.05) is 30.3 Å². The van der Waals surface area contributed by atoms with Gasteiger partial charge in [-0.25, -0.2) is 4.99 Å². The molecular formula is C11H9N3S. The van der Waals surface area contributed by atoms with E-state index in [1.807, 2.05) is 30.3 Å². The summed E-state index contributed by atoms with van der Waals surface area (Å²) in [5.41, 5.74) is 1.88. The fourth-order valence-corrected chi connectivity index (χ4v) is 1.56. The second kappa shape index (κ2) is 4.20. The zero-order valence-corrected chi connectivity index (χ0v) is 8.78. The van der Waals surface area contributed by atoms with Crippen LogP contribution in [0.4, 0.5) is 0 Å². The first-order chi connectivity index (χ1) is 7.31. The van der Waals surface area contributed by atoms with Gasteiger partial charge >= 0.3 is 0 Å². The third-order valence-electron chi connectivity index (χ3n) is 2.05. The molecule has 0 bridgehead atoms. The minimum absolute atomic E-state index is 0.280. The van der Waals surface area contributed by atoms with E-state index < -0.39 is 0 Å². The van der Waals surface area contributed by atoms with Crippen LogP contribution in [-0.2, 0) is 0 Å². The lowest BCUT2D eigenvalue weighted by atomic mass is 10.0. The maximum atomic E-state index is 8.94. The van der Waals surface area contributed by atoms with Gasteiger partial charge in [-0.3, -0.25) is 0 Å².